The molecule has 1 amide bonds. The van der Waals surface area contributed by atoms with Crippen molar-refractivity contribution in [1.29, 1.82) is 0 Å². The summed E-state index contributed by atoms with van der Waals surface area (Å²) in [7, 11) is 1.48. The van der Waals surface area contributed by atoms with Crippen molar-refractivity contribution < 1.29 is 40.6 Å². The van der Waals surface area contributed by atoms with E-state index in [1.807, 2.05) is 11.5 Å². The number of nitrogens with one attached hydrogen (secondary N) is 1. The van der Waals surface area contributed by atoms with Gasteiger partial charge in [0, 0.05) is 29.9 Å². The van der Waals surface area contributed by atoms with Gasteiger partial charge in [0.1, 0.15) is 17.0 Å². The highest BCUT2D eigenvalue weighted by Gasteiger charge is 2.39. The second-order valence-corrected chi connectivity index (χ2v) is 11.8. The zero-order valence-electron chi connectivity index (χ0n) is 26.6. The average Bonchev–Trinajstić information content (AvgIpc) is 3.31. The second-order valence-electron chi connectivity index (χ2n) is 11.8. The van der Waals surface area contributed by atoms with Gasteiger partial charge >= 0.3 is 12.4 Å². The van der Waals surface area contributed by atoms with Crippen LogP contribution in [0.4, 0.5) is 32.0 Å². The first-order chi connectivity index (χ1) is 22.6. The number of halogens is 6. The number of carbonyl (C=O) groups is 1. The van der Waals surface area contributed by atoms with Crippen LogP contribution >= 0.6 is 0 Å². The molecule has 0 saturated carbocycles. The average molecular weight is 681 g/mol. The summed E-state index contributed by atoms with van der Waals surface area (Å²) in [6, 6.07) is 6.65. The van der Waals surface area contributed by atoms with Crippen molar-refractivity contribution in [2.24, 2.45) is 0 Å². The summed E-state index contributed by atoms with van der Waals surface area (Å²) in [6.45, 7) is 5.35. The van der Waals surface area contributed by atoms with Crippen LogP contribution in [0.5, 0.6) is 5.75 Å². The van der Waals surface area contributed by atoms with Gasteiger partial charge in [0.15, 0.2) is 0 Å². The summed E-state index contributed by atoms with van der Waals surface area (Å²) in [6.07, 6.45) is -7.75. The van der Waals surface area contributed by atoms with Crippen LogP contribution in [-0.2, 0) is 35.0 Å². The number of methoxy groups -OCH3 is 1. The lowest BCUT2D eigenvalue weighted by molar-refractivity contribution is -0.139. The van der Waals surface area contributed by atoms with Crippen LogP contribution in [0.1, 0.15) is 54.3 Å². The maximum Gasteiger partial charge on any atom is 0.423 e. The Bertz CT molecular complexity index is 1850. The Morgan fingerprint density at radius 1 is 1.10 bits per heavy atom. The zero-order chi connectivity index (χ0) is 35.0. The number of hydrogen-bond acceptors (Lipinski definition) is 7. The molecule has 0 radical (unpaired) electrons. The maximum atomic E-state index is 14.0. The lowest BCUT2D eigenvalue weighted by Gasteiger charge is -2.34. The lowest BCUT2D eigenvalue weighted by atomic mass is 10.1. The second kappa shape index (κ2) is 13.5. The molecule has 1 aliphatic heterocycles. The first-order valence-corrected chi connectivity index (χ1v) is 15.1. The number of rotatable bonds is 10. The van der Waals surface area contributed by atoms with Crippen molar-refractivity contribution in [2.45, 2.75) is 64.7 Å². The summed E-state index contributed by atoms with van der Waals surface area (Å²) >= 11 is 0. The predicted octanol–water partition coefficient (Wildman–Crippen LogP) is 5.81. The highest BCUT2D eigenvalue weighted by Crippen LogP contribution is 2.37. The van der Waals surface area contributed by atoms with E-state index in [0.717, 1.165) is 23.1 Å². The third-order valence-electron chi connectivity index (χ3n) is 8.22. The molecular formula is C32H34F6N6O4. The first kappa shape index (κ1) is 34.7. The van der Waals surface area contributed by atoms with Crippen molar-refractivity contribution in [3.63, 3.8) is 0 Å². The van der Waals surface area contributed by atoms with E-state index in [2.05, 4.69) is 15.4 Å². The zero-order valence-corrected chi connectivity index (χ0v) is 26.6. The normalized spacial score (nSPS) is 15.8. The SMILES string of the molecule is COc1ccc(Cn2ncc(N[C@@H](C)COCCC(=O)N3Cc4c(C)c5cc(C(F)(F)F)cnc5n4[C@H](C)C3)c(C(F)(F)F)c2=O)cc1. The number of anilines is 1. The van der Waals surface area contributed by atoms with Crippen molar-refractivity contribution in [1.82, 2.24) is 24.2 Å². The van der Waals surface area contributed by atoms with Crippen LogP contribution in [-0.4, -0.2) is 63.0 Å². The van der Waals surface area contributed by atoms with E-state index in [-0.39, 0.29) is 44.7 Å². The van der Waals surface area contributed by atoms with Crippen LogP contribution in [0.25, 0.3) is 11.0 Å². The van der Waals surface area contributed by atoms with Crippen molar-refractivity contribution in [3.05, 3.63) is 81.0 Å². The van der Waals surface area contributed by atoms with Crippen LogP contribution in [0.2, 0.25) is 0 Å². The van der Waals surface area contributed by atoms with Crippen molar-refractivity contribution >= 4 is 22.6 Å². The molecule has 0 bridgehead atoms. The number of fused-ring (bicyclic) bond motifs is 3. The summed E-state index contributed by atoms with van der Waals surface area (Å²) in [5, 5.41) is 6.97. The molecule has 5 rings (SSSR count). The van der Waals surface area contributed by atoms with E-state index in [0.29, 0.717) is 40.1 Å². The quantitative estimate of drug-likeness (QED) is 0.167. The van der Waals surface area contributed by atoms with E-state index in [4.69, 9.17) is 9.47 Å². The minimum Gasteiger partial charge on any atom is -0.497 e. The molecule has 48 heavy (non-hydrogen) atoms. The van der Waals surface area contributed by atoms with Gasteiger partial charge in [-0.1, -0.05) is 12.1 Å². The highest BCUT2D eigenvalue weighted by molar-refractivity contribution is 5.84. The minimum atomic E-state index is -4.96. The number of aryl methyl sites for hydroxylation is 1. The molecule has 0 aliphatic carbocycles. The fraction of sp³-hybridized carbons (Fsp3) is 0.438. The third-order valence-corrected chi connectivity index (χ3v) is 8.22. The number of carbonyl (C=O) groups excluding carboxylic acids is 1. The van der Waals surface area contributed by atoms with Crippen LogP contribution in [0.15, 0.2) is 47.5 Å². The summed E-state index contributed by atoms with van der Waals surface area (Å²) < 4.78 is 95.1. The van der Waals surface area contributed by atoms with Gasteiger partial charge < -0.3 is 24.3 Å². The lowest BCUT2D eigenvalue weighted by Crippen LogP contribution is -2.40. The van der Waals surface area contributed by atoms with E-state index >= 15 is 0 Å². The number of aromatic nitrogens is 4. The Morgan fingerprint density at radius 3 is 2.46 bits per heavy atom. The predicted molar refractivity (Wildman–Crippen MR) is 164 cm³/mol. The molecule has 3 aromatic heterocycles. The van der Waals surface area contributed by atoms with Crippen LogP contribution in [0, 0.1) is 6.92 Å². The molecule has 1 aromatic carbocycles. The molecule has 258 valence electrons. The van der Waals surface area contributed by atoms with Gasteiger partial charge in [-0.2, -0.15) is 31.4 Å². The molecule has 2 atom stereocenters. The molecule has 0 saturated heterocycles. The maximum absolute atomic E-state index is 14.0. The topological polar surface area (TPSA) is 104 Å². The minimum absolute atomic E-state index is 0.0219. The molecule has 0 unspecified atom stereocenters. The summed E-state index contributed by atoms with van der Waals surface area (Å²) in [5.74, 6) is 0.313. The Morgan fingerprint density at radius 2 is 1.81 bits per heavy atom. The highest BCUT2D eigenvalue weighted by atomic mass is 19.4. The Labute approximate surface area is 271 Å². The van der Waals surface area contributed by atoms with Gasteiger partial charge in [-0.15, -0.1) is 0 Å². The third kappa shape index (κ3) is 7.27. The molecule has 10 nitrogen and oxygen atoms in total. The number of alkyl halides is 6. The van der Waals surface area contributed by atoms with Crippen molar-refractivity contribution in [2.75, 3.05) is 32.2 Å². The Kier molecular flexibility index (Phi) is 9.76. The number of hydrogen-bond donors (Lipinski definition) is 1. The largest absolute Gasteiger partial charge is 0.497 e. The van der Waals surface area contributed by atoms with Gasteiger partial charge in [-0.3, -0.25) is 9.59 Å². The molecule has 0 fully saturated rings. The molecule has 16 heteroatoms. The van der Waals surface area contributed by atoms with Crippen LogP contribution < -0.4 is 15.6 Å². The van der Waals surface area contributed by atoms with Crippen LogP contribution in [0.3, 0.4) is 0 Å². The molecule has 1 aliphatic rings. The fourth-order valence-electron chi connectivity index (χ4n) is 5.82. The Hall–Kier alpha value is -4.60. The first-order valence-electron chi connectivity index (χ1n) is 15.1. The van der Waals surface area contributed by atoms with E-state index < -0.39 is 40.8 Å². The molecule has 4 aromatic rings. The number of nitrogens with zero attached hydrogens (tertiary/aromatic N) is 5. The van der Waals surface area contributed by atoms with Gasteiger partial charge in [-0.25, -0.2) is 9.67 Å². The standard InChI is InChI=1S/C32H34F6N6O4/c1-18(41-25-13-40-43(30(46)28(25)32(36,37)38)15-21-5-7-23(47-4)8-6-21)17-48-10-9-27(45)42-14-19(2)44-26(16-42)20(3)24-11-22(31(33,34)35)12-39-29(24)44/h5-8,11-13,18-19,41H,9-10,14-17H2,1-4H3/t18-,19+/m0/s1. The smallest absolute Gasteiger partial charge is 0.423 e. The summed E-state index contributed by atoms with van der Waals surface area (Å²) in [5.41, 5.74) is -1.72. The molecule has 1 N–H and O–H groups in total. The fourth-order valence-corrected chi connectivity index (χ4v) is 5.82. The van der Waals surface area contributed by atoms with E-state index in [1.165, 1.54) is 7.11 Å². The summed E-state index contributed by atoms with van der Waals surface area (Å²) in [4.78, 5) is 31.6. The monoisotopic (exact) mass is 680 g/mol. The van der Waals surface area contributed by atoms with E-state index in [1.54, 1.807) is 43.0 Å². The Balaban J connectivity index is 1.18. The van der Waals surface area contributed by atoms with Crippen molar-refractivity contribution in [3.8, 4) is 5.75 Å². The molecule has 0 spiro atoms. The van der Waals surface area contributed by atoms with Gasteiger partial charge in [0.2, 0.25) is 5.91 Å². The molecule has 4 heterocycles. The number of benzene rings is 1. The number of amides is 1. The number of pyridine rings is 1. The van der Waals surface area contributed by atoms with E-state index in [9.17, 15) is 35.9 Å². The molecular weight excluding hydrogens is 646 g/mol. The number of ether oxygens (including phenoxy) is 2. The van der Waals surface area contributed by atoms with Gasteiger partial charge in [-0.05, 0) is 50.1 Å². The van der Waals surface area contributed by atoms with Gasteiger partial charge in [0.05, 0.1) is 63.3 Å². The van der Waals surface area contributed by atoms with Gasteiger partial charge in [0.25, 0.3) is 5.56 Å².